The van der Waals surface area contributed by atoms with Crippen LogP contribution in [0.2, 0.25) is 0 Å². The van der Waals surface area contributed by atoms with Crippen molar-refractivity contribution in [3.63, 3.8) is 0 Å². The zero-order valence-corrected chi connectivity index (χ0v) is 23.1. The van der Waals surface area contributed by atoms with Gasteiger partial charge in [-0.25, -0.2) is 0 Å². The van der Waals surface area contributed by atoms with Crippen molar-refractivity contribution in [2.75, 3.05) is 38.5 Å². The fourth-order valence-electron chi connectivity index (χ4n) is 4.75. The molecule has 2 aliphatic heterocycles. The second kappa shape index (κ2) is 21.3. The minimum atomic E-state index is 0. The average Bonchev–Trinajstić information content (AvgIpc) is 3.23. The van der Waals surface area contributed by atoms with Gasteiger partial charge in [0.25, 0.3) is 0 Å². The molecule has 2 atom stereocenters. The summed E-state index contributed by atoms with van der Waals surface area (Å²) in [6.45, 7) is 8.25. The quantitative estimate of drug-likeness (QED) is 0.177. The molecule has 5 heteroatoms. The van der Waals surface area contributed by atoms with Crippen LogP contribution >= 0.6 is 28.7 Å². The van der Waals surface area contributed by atoms with E-state index in [1.807, 2.05) is 0 Å². The van der Waals surface area contributed by atoms with Crippen molar-refractivity contribution in [3.05, 3.63) is 0 Å². The zero-order valence-electron chi connectivity index (χ0n) is 20.6. The topological polar surface area (TPSA) is 24.5 Å². The van der Waals surface area contributed by atoms with Crippen LogP contribution in [0.5, 0.6) is 0 Å². The Morgan fingerprint density at radius 2 is 1.26 bits per heavy atom. The number of ether oxygens (including phenoxy) is 1. The minimum Gasteiger partial charge on any atom is -0.363 e. The van der Waals surface area contributed by atoms with E-state index < -0.39 is 0 Å². The van der Waals surface area contributed by atoms with E-state index in [-0.39, 0.29) is 17.0 Å². The Kier molecular flexibility index (Phi) is 20.4. The third kappa shape index (κ3) is 16.1. The van der Waals surface area contributed by atoms with Gasteiger partial charge in [-0.3, -0.25) is 0 Å². The molecule has 2 unspecified atom stereocenters. The molecule has 0 saturated carbocycles. The average molecular weight is 522 g/mol. The van der Waals surface area contributed by atoms with Crippen molar-refractivity contribution in [3.8, 4) is 0 Å². The zero-order chi connectivity index (χ0) is 21.1. The molecule has 0 aromatic rings. The van der Waals surface area contributed by atoms with Crippen LogP contribution in [0.3, 0.4) is 0 Å². The van der Waals surface area contributed by atoms with Crippen molar-refractivity contribution < 1.29 is 4.74 Å². The molecule has 0 aromatic heterocycles. The molecule has 0 radical (unpaired) electrons. The maximum atomic E-state index is 6.29. The summed E-state index contributed by atoms with van der Waals surface area (Å²) < 4.78 is 6.29. The molecular weight excluding hydrogens is 468 g/mol. The standard InChI is InChI=1S/C26H52N2OS.BrH/c1-2-3-4-5-6-7-8-9-10-11-12-13-14-15-16-17-26-29-25(24-30-26)18-21-28-22-19-27-20-23-28;/h25-27H,2-24H2,1H3;1H. The highest BCUT2D eigenvalue weighted by Crippen LogP contribution is 2.30. The van der Waals surface area contributed by atoms with Crippen LogP contribution in [-0.2, 0) is 4.74 Å². The summed E-state index contributed by atoms with van der Waals surface area (Å²) in [5.74, 6) is 1.22. The molecule has 3 nitrogen and oxygen atoms in total. The van der Waals surface area contributed by atoms with Crippen LogP contribution in [0.15, 0.2) is 0 Å². The Morgan fingerprint density at radius 3 is 1.81 bits per heavy atom. The van der Waals surface area contributed by atoms with E-state index in [1.54, 1.807) is 0 Å². The minimum absolute atomic E-state index is 0. The van der Waals surface area contributed by atoms with Crippen molar-refractivity contribution in [1.82, 2.24) is 10.2 Å². The maximum Gasteiger partial charge on any atom is 0.103 e. The highest BCUT2D eigenvalue weighted by atomic mass is 79.9. The number of nitrogens with one attached hydrogen (secondary N) is 1. The summed E-state index contributed by atoms with van der Waals surface area (Å²) in [5, 5.41) is 3.43. The molecule has 0 spiro atoms. The van der Waals surface area contributed by atoms with Crippen LogP contribution < -0.4 is 5.32 Å². The van der Waals surface area contributed by atoms with E-state index in [1.165, 1.54) is 135 Å². The van der Waals surface area contributed by atoms with Crippen molar-refractivity contribution in [2.24, 2.45) is 0 Å². The van der Waals surface area contributed by atoms with Gasteiger partial charge < -0.3 is 15.0 Å². The molecule has 186 valence electrons. The van der Waals surface area contributed by atoms with Gasteiger partial charge in [0.2, 0.25) is 0 Å². The van der Waals surface area contributed by atoms with E-state index in [9.17, 15) is 0 Å². The lowest BCUT2D eigenvalue weighted by molar-refractivity contribution is 0.0477. The third-order valence-corrected chi connectivity index (χ3v) is 8.12. The summed E-state index contributed by atoms with van der Waals surface area (Å²) in [7, 11) is 0. The van der Waals surface area contributed by atoms with Crippen molar-refractivity contribution in [1.29, 1.82) is 0 Å². The molecule has 31 heavy (non-hydrogen) atoms. The first kappa shape index (κ1) is 29.7. The van der Waals surface area contributed by atoms with E-state index in [4.69, 9.17) is 4.74 Å². The Hall–Kier alpha value is 0.710. The maximum absolute atomic E-state index is 6.29. The van der Waals surface area contributed by atoms with E-state index in [2.05, 4.69) is 28.9 Å². The van der Waals surface area contributed by atoms with E-state index in [0.29, 0.717) is 11.5 Å². The first-order chi connectivity index (χ1) is 14.9. The first-order valence-electron chi connectivity index (χ1n) is 13.6. The Morgan fingerprint density at radius 1 is 0.742 bits per heavy atom. The SMILES string of the molecule is Br.CCCCCCCCCCCCCCCCCC1OC(CCN2CCNCC2)CS1. The monoisotopic (exact) mass is 520 g/mol. The molecule has 1 N–H and O–H groups in total. The predicted octanol–water partition coefficient (Wildman–Crippen LogP) is 7.58. The number of thioether (sulfide) groups is 1. The van der Waals surface area contributed by atoms with Crippen LogP contribution in [0.1, 0.15) is 116 Å². The second-order valence-electron chi connectivity index (χ2n) is 9.64. The predicted molar refractivity (Wildman–Crippen MR) is 145 cm³/mol. The number of hydrogen-bond donors (Lipinski definition) is 1. The van der Waals surface area contributed by atoms with E-state index >= 15 is 0 Å². The lowest BCUT2D eigenvalue weighted by Crippen LogP contribution is -2.44. The lowest BCUT2D eigenvalue weighted by Gasteiger charge is -2.27. The summed E-state index contributed by atoms with van der Waals surface area (Å²) in [6.07, 6.45) is 24.7. The lowest BCUT2D eigenvalue weighted by atomic mass is 10.0. The van der Waals surface area contributed by atoms with Crippen LogP contribution in [0.4, 0.5) is 0 Å². The van der Waals surface area contributed by atoms with Gasteiger partial charge in [0, 0.05) is 38.5 Å². The molecule has 2 saturated heterocycles. The Labute approximate surface area is 209 Å². The molecular formula is C26H53BrN2OS. The van der Waals surface area contributed by atoms with Gasteiger partial charge in [0.05, 0.1) is 6.10 Å². The number of rotatable bonds is 19. The highest BCUT2D eigenvalue weighted by molar-refractivity contribution is 8.93. The Balaban J connectivity index is 0.00000480. The number of unbranched alkanes of at least 4 members (excludes halogenated alkanes) is 14. The molecule has 0 amide bonds. The third-order valence-electron chi connectivity index (χ3n) is 6.83. The normalized spacial score (nSPS) is 22.0. The summed E-state index contributed by atoms with van der Waals surface area (Å²) in [4.78, 5) is 2.59. The Bertz CT molecular complexity index is 382. The number of halogens is 1. The van der Waals surface area contributed by atoms with Gasteiger partial charge in [0.15, 0.2) is 0 Å². The smallest absolute Gasteiger partial charge is 0.103 e. The fourth-order valence-corrected chi connectivity index (χ4v) is 6.00. The van der Waals surface area contributed by atoms with Gasteiger partial charge in [-0.2, -0.15) is 0 Å². The molecule has 2 rings (SSSR count). The van der Waals surface area contributed by atoms with Crippen LogP contribution in [0, 0.1) is 0 Å². The van der Waals surface area contributed by atoms with Crippen LogP contribution in [0.25, 0.3) is 0 Å². The van der Waals surface area contributed by atoms with Gasteiger partial charge in [-0.05, 0) is 19.3 Å². The number of hydrogen-bond acceptors (Lipinski definition) is 4. The van der Waals surface area contributed by atoms with E-state index in [0.717, 1.165) is 13.1 Å². The van der Waals surface area contributed by atoms with Crippen molar-refractivity contribution >= 4 is 28.7 Å². The van der Waals surface area contributed by atoms with Gasteiger partial charge in [-0.15, -0.1) is 28.7 Å². The van der Waals surface area contributed by atoms with Gasteiger partial charge in [0.1, 0.15) is 5.44 Å². The van der Waals surface area contributed by atoms with Gasteiger partial charge in [-0.1, -0.05) is 96.8 Å². The summed E-state index contributed by atoms with van der Waals surface area (Å²) in [6, 6.07) is 0. The molecule has 0 aliphatic carbocycles. The largest absolute Gasteiger partial charge is 0.363 e. The van der Waals surface area contributed by atoms with Crippen LogP contribution in [-0.4, -0.2) is 54.9 Å². The second-order valence-corrected chi connectivity index (χ2v) is 10.8. The number of nitrogens with zero attached hydrogens (tertiary/aromatic N) is 1. The summed E-state index contributed by atoms with van der Waals surface area (Å²) >= 11 is 2.07. The fraction of sp³-hybridized carbons (Fsp3) is 1.00. The molecule has 0 bridgehead atoms. The highest BCUT2D eigenvalue weighted by Gasteiger charge is 2.25. The first-order valence-corrected chi connectivity index (χ1v) is 14.6. The molecule has 2 heterocycles. The number of piperazine rings is 1. The molecule has 0 aromatic carbocycles. The molecule has 2 aliphatic rings. The summed E-state index contributed by atoms with van der Waals surface area (Å²) in [5.41, 5.74) is 0.486. The van der Waals surface area contributed by atoms with Gasteiger partial charge >= 0.3 is 0 Å². The van der Waals surface area contributed by atoms with Crippen molar-refractivity contribution in [2.45, 2.75) is 128 Å². The molecule has 2 fully saturated rings.